The summed E-state index contributed by atoms with van der Waals surface area (Å²) in [4.78, 5) is 19.6. The second-order valence-electron chi connectivity index (χ2n) is 13.2. The minimum atomic E-state index is -4.26. The van der Waals surface area contributed by atoms with Crippen LogP contribution in [0.4, 0.5) is 17.6 Å². The SMILES string of the molecule is CCOC(=O)C(c1ccc(F)c(C)c1C1CCN(CC(F)(F)F)CC1)N(C)CC[C@H](CCN1CCCCC1)c1cc(Cl)ccc1C. The number of likely N-dealkylation sites (N-methyl/N-ethyl adjacent to an activating group) is 1. The van der Waals surface area contributed by atoms with Gasteiger partial charge in [-0.15, -0.1) is 0 Å². The molecule has 2 aliphatic heterocycles. The summed E-state index contributed by atoms with van der Waals surface area (Å²) in [6.45, 7) is 9.17. The average Bonchev–Trinajstić information content (AvgIpc) is 3.01. The lowest BCUT2D eigenvalue weighted by molar-refractivity contribution is -0.150. The lowest BCUT2D eigenvalue weighted by Crippen LogP contribution is -2.40. The molecule has 5 nitrogen and oxygen atoms in total. The van der Waals surface area contributed by atoms with Crippen LogP contribution in [-0.2, 0) is 9.53 Å². The Hall–Kier alpha value is -2.20. The number of benzene rings is 2. The molecule has 0 saturated carbocycles. The molecule has 2 aromatic carbocycles. The molecule has 2 saturated heterocycles. The number of ether oxygens (including phenoxy) is 1. The lowest BCUT2D eigenvalue weighted by Gasteiger charge is -2.36. The maximum atomic E-state index is 15.1. The number of alkyl halides is 3. The zero-order valence-electron chi connectivity index (χ0n) is 27.8. The van der Waals surface area contributed by atoms with E-state index in [9.17, 15) is 18.0 Å². The lowest BCUT2D eigenvalue weighted by atomic mass is 9.81. The van der Waals surface area contributed by atoms with Crippen LogP contribution < -0.4 is 0 Å². The molecule has 2 atom stereocenters. The van der Waals surface area contributed by atoms with E-state index in [2.05, 4.69) is 24.0 Å². The van der Waals surface area contributed by atoms with Gasteiger partial charge in [-0.3, -0.25) is 9.80 Å². The highest BCUT2D eigenvalue weighted by atomic mass is 35.5. The molecular formula is C36H50ClF4N3O2. The third kappa shape index (κ3) is 9.91. The molecule has 2 heterocycles. The number of aryl methyl sites for hydroxylation is 1. The highest BCUT2D eigenvalue weighted by molar-refractivity contribution is 6.30. The van der Waals surface area contributed by atoms with Crippen molar-refractivity contribution in [2.45, 2.75) is 89.8 Å². The molecule has 0 bridgehead atoms. The summed E-state index contributed by atoms with van der Waals surface area (Å²) in [5, 5.41) is 0.703. The van der Waals surface area contributed by atoms with Crippen LogP contribution in [0, 0.1) is 19.7 Å². The van der Waals surface area contributed by atoms with E-state index in [4.69, 9.17) is 16.3 Å². The van der Waals surface area contributed by atoms with E-state index >= 15 is 4.39 Å². The Kier molecular flexibility index (Phi) is 13.3. The van der Waals surface area contributed by atoms with Crippen LogP contribution >= 0.6 is 11.6 Å². The molecule has 0 spiro atoms. The van der Waals surface area contributed by atoms with Gasteiger partial charge in [-0.25, -0.2) is 9.18 Å². The monoisotopic (exact) mass is 667 g/mol. The fourth-order valence-electron chi connectivity index (χ4n) is 7.42. The van der Waals surface area contributed by atoms with Crippen molar-refractivity contribution < 1.29 is 27.1 Å². The number of likely N-dealkylation sites (tertiary alicyclic amines) is 2. The Morgan fingerprint density at radius 1 is 1.00 bits per heavy atom. The maximum absolute atomic E-state index is 15.1. The van der Waals surface area contributed by atoms with Gasteiger partial charge in [0.15, 0.2) is 0 Å². The minimum Gasteiger partial charge on any atom is -0.465 e. The number of nitrogens with zero attached hydrogens (tertiary/aromatic N) is 3. The topological polar surface area (TPSA) is 36.0 Å². The Morgan fingerprint density at radius 3 is 2.35 bits per heavy atom. The number of carbonyl (C=O) groups excluding carboxylic acids is 1. The first-order valence-corrected chi connectivity index (χ1v) is 17.2. The first kappa shape index (κ1) is 36.6. The molecule has 2 aromatic rings. The van der Waals surface area contributed by atoms with Gasteiger partial charge in [0, 0.05) is 5.02 Å². The number of hydrogen-bond acceptors (Lipinski definition) is 5. The van der Waals surface area contributed by atoms with Gasteiger partial charge in [-0.1, -0.05) is 30.2 Å². The summed E-state index contributed by atoms with van der Waals surface area (Å²) in [5.74, 6) is -0.725. The Labute approximate surface area is 277 Å². The summed E-state index contributed by atoms with van der Waals surface area (Å²) >= 11 is 6.47. The average molecular weight is 668 g/mol. The molecule has 2 aliphatic rings. The highest BCUT2D eigenvalue weighted by Crippen LogP contribution is 2.39. The fourth-order valence-corrected chi connectivity index (χ4v) is 7.60. The number of piperidine rings is 2. The van der Waals surface area contributed by atoms with Crippen LogP contribution in [0.15, 0.2) is 30.3 Å². The van der Waals surface area contributed by atoms with Crippen molar-refractivity contribution in [1.82, 2.24) is 14.7 Å². The first-order valence-electron chi connectivity index (χ1n) is 16.8. The third-order valence-electron chi connectivity index (χ3n) is 9.88. The smallest absolute Gasteiger partial charge is 0.401 e. The largest absolute Gasteiger partial charge is 0.465 e. The van der Waals surface area contributed by atoms with Crippen molar-refractivity contribution in [1.29, 1.82) is 0 Å². The number of esters is 1. The first-order chi connectivity index (χ1) is 21.9. The van der Waals surface area contributed by atoms with Gasteiger partial charge in [0.1, 0.15) is 11.9 Å². The fraction of sp³-hybridized carbons (Fsp3) is 0.639. The van der Waals surface area contributed by atoms with Crippen LogP contribution in [0.1, 0.15) is 97.6 Å². The second-order valence-corrected chi connectivity index (χ2v) is 13.6. The van der Waals surface area contributed by atoms with Crippen molar-refractivity contribution in [2.24, 2.45) is 0 Å². The summed E-state index contributed by atoms with van der Waals surface area (Å²) in [6.07, 6.45) is 2.14. The van der Waals surface area contributed by atoms with Gasteiger partial charge in [-0.05, 0) is 163 Å². The number of carbonyl (C=O) groups is 1. The molecular weight excluding hydrogens is 618 g/mol. The van der Waals surface area contributed by atoms with Crippen molar-refractivity contribution >= 4 is 17.6 Å². The van der Waals surface area contributed by atoms with E-state index in [0.717, 1.165) is 38.0 Å². The molecule has 0 amide bonds. The van der Waals surface area contributed by atoms with Crippen LogP contribution in [-0.4, -0.2) is 86.3 Å². The van der Waals surface area contributed by atoms with E-state index in [-0.39, 0.29) is 37.3 Å². The van der Waals surface area contributed by atoms with E-state index in [1.54, 1.807) is 19.9 Å². The van der Waals surface area contributed by atoms with Crippen LogP contribution in [0.5, 0.6) is 0 Å². The Bertz CT molecular complexity index is 1290. The highest BCUT2D eigenvalue weighted by Gasteiger charge is 2.36. The zero-order chi connectivity index (χ0) is 33.4. The number of halogens is 5. The molecule has 46 heavy (non-hydrogen) atoms. The molecule has 2 fully saturated rings. The van der Waals surface area contributed by atoms with E-state index in [1.807, 2.05) is 18.0 Å². The van der Waals surface area contributed by atoms with E-state index in [0.29, 0.717) is 35.5 Å². The molecule has 0 aromatic heterocycles. The second kappa shape index (κ2) is 16.8. The minimum absolute atomic E-state index is 0.160. The van der Waals surface area contributed by atoms with Crippen LogP contribution in [0.2, 0.25) is 5.02 Å². The summed E-state index contributed by atoms with van der Waals surface area (Å²) in [6, 6.07) is 8.33. The van der Waals surface area contributed by atoms with Crippen molar-refractivity contribution in [2.75, 3.05) is 59.5 Å². The number of rotatable bonds is 13. The molecule has 0 radical (unpaired) electrons. The van der Waals surface area contributed by atoms with Crippen LogP contribution in [0.25, 0.3) is 0 Å². The molecule has 256 valence electrons. The third-order valence-corrected chi connectivity index (χ3v) is 10.1. The maximum Gasteiger partial charge on any atom is 0.401 e. The zero-order valence-corrected chi connectivity index (χ0v) is 28.5. The van der Waals surface area contributed by atoms with Gasteiger partial charge in [0.25, 0.3) is 0 Å². The molecule has 10 heteroatoms. The van der Waals surface area contributed by atoms with Gasteiger partial charge >= 0.3 is 12.1 Å². The van der Waals surface area contributed by atoms with Crippen molar-refractivity contribution in [3.05, 3.63) is 69.0 Å². The molecule has 4 rings (SSSR count). The molecule has 1 unspecified atom stereocenters. The van der Waals surface area contributed by atoms with Gasteiger partial charge in [0.2, 0.25) is 0 Å². The normalized spacial score (nSPS) is 18.6. The van der Waals surface area contributed by atoms with Gasteiger partial charge < -0.3 is 9.64 Å². The molecule has 0 aliphatic carbocycles. The predicted octanol–water partition coefficient (Wildman–Crippen LogP) is 8.42. The predicted molar refractivity (Wildman–Crippen MR) is 176 cm³/mol. The Balaban J connectivity index is 1.59. The summed E-state index contributed by atoms with van der Waals surface area (Å²) < 4.78 is 59.8. The van der Waals surface area contributed by atoms with Gasteiger partial charge in [0.05, 0.1) is 13.2 Å². The summed E-state index contributed by atoms with van der Waals surface area (Å²) in [7, 11) is 1.91. The van der Waals surface area contributed by atoms with E-state index in [1.165, 1.54) is 41.4 Å². The van der Waals surface area contributed by atoms with Gasteiger partial charge in [-0.2, -0.15) is 13.2 Å². The summed E-state index contributed by atoms with van der Waals surface area (Å²) in [5.41, 5.74) is 4.26. The standard InChI is InChI=1S/C36H50ClF4N3O2/c1-5-46-35(45)34(30-11-12-32(38)26(3)33(30)28-15-21-44(22-16-28)24-36(39,40)41)42(4)19-13-27(14-20-43-17-7-6-8-18-43)31-23-29(37)10-9-25(31)2/h9-12,23,27-28,34H,5-8,13-22,24H2,1-4H3/t27-,34?/m1/s1. The quantitative estimate of drug-likeness (QED) is 0.158. The molecule has 0 N–H and O–H groups in total. The number of hydrogen-bond donors (Lipinski definition) is 0. The van der Waals surface area contributed by atoms with Crippen molar-refractivity contribution in [3.63, 3.8) is 0 Å². The Morgan fingerprint density at radius 2 is 1.70 bits per heavy atom. The van der Waals surface area contributed by atoms with E-state index < -0.39 is 24.7 Å². The van der Waals surface area contributed by atoms with Crippen molar-refractivity contribution in [3.8, 4) is 0 Å². The van der Waals surface area contributed by atoms with Crippen LogP contribution in [0.3, 0.4) is 0 Å².